The number of carbonyl (C=O) groups is 1. The SMILES string of the molecule is C=CS(=O)(=O)Nc1cccc(OC(=O)OC(C)(C)C)c1. The lowest BCUT2D eigenvalue weighted by atomic mass is 10.2. The second-order valence-electron chi connectivity index (χ2n) is 4.91. The number of carbonyl (C=O) groups excluding carboxylic acids is 1. The summed E-state index contributed by atoms with van der Waals surface area (Å²) in [6.45, 7) is 8.32. The highest BCUT2D eigenvalue weighted by Gasteiger charge is 2.18. The second kappa shape index (κ2) is 5.96. The number of hydrogen-bond acceptors (Lipinski definition) is 5. The molecule has 0 saturated carbocycles. The molecule has 0 aliphatic heterocycles. The first-order valence-corrected chi connectivity index (χ1v) is 7.32. The van der Waals surface area contributed by atoms with Gasteiger partial charge < -0.3 is 9.47 Å². The van der Waals surface area contributed by atoms with Gasteiger partial charge in [-0.25, -0.2) is 13.2 Å². The normalized spacial score (nSPS) is 11.6. The molecule has 6 nitrogen and oxygen atoms in total. The van der Waals surface area contributed by atoms with E-state index in [-0.39, 0.29) is 11.4 Å². The molecule has 7 heteroatoms. The van der Waals surface area contributed by atoms with E-state index >= 15 is 0 Å². The second-order valence-corrected chi connectivity index (χ2v) is 6.54. The lowest BCUT2D eigenvalue weighted by molar-refractivity contribution is 0.0206. The largest absolute Gasteiger partial charge is 0.514 e. The smallest absolute Gasteiger partial charge is 0.428 e. The van der Waals surface area contributed by atoms with Crippen LogP contribution in [0, 0.1) is 0 Å². The molecule has 20 heavy (non-hydrogen) atoms. The van der Waals surface area contributed by atoms with Gasteiger partial charge in [-0.15, -0.1) is 0 Å². The van der Waals surface area contributed by atoms with Gasteiger partial charge in [0.2, 0.25) is 0 Å². The van der Waals surface area contributed by atoms with Gasteiger partial charge in [0.15, 0.2) is 0 Å². The Morgan fingerprint density at radius 2 is 2.00 bits per heavy atom. The number of sulfonamides is 1. The van der Waals surface area contributed by atoms with Gasteiger partial charge in [0, 0.05) is 11.5 Å². The van der Waals surface area contributed by atoms with Gasteiger partial charge in [-0.1, -0.05) is 12.6 Å². The number of anilines is 1. The molecular weight excluding hydrogens is 282 g/mol. The standard InChI is InChI=1S/C13H17NO5S/c1-5-20(16,17)14-10-7-6-8-11(9-10)18-12(15)19-13(2,3)4/h5-9,14H,1H2,2-4H3. The molecule has 0 spiro atoms. The Labute approximate surface area is 118 Å². The van der Waals surface area contributed by atoms with Crippen LogP contribution in [0.2, 0.25) is 0 Å². The highest BCUT2D eigenvalue weighted by molar-refractivity contribution is 7.95. The molecule has 0 bridgehead atoms. The zero-order valence-corrected chi connectivity index (χ0v) is 12.4. The van der Waals surface area contributed by atoms with Crippen LogP contribution in [0.1, 0.15) is 20.8 Å². The van der Waals surface area contributed by atoms with Crippen LogP contribution in [0.15, 0.2) is 36.3 Å². The lowest BCUT2D eigenvalue weighted by Gasteiger charge is -2.18. The zero-order valence-electron chi connectivity index (χ0n) is 11.5. The van der Waals surface area contributed by atoms with Gasteiger partial charge in [0.25, 0.3) is 10.0 Å². The van der Waals surface area contributed by atoms with E-state index in [1.165, 1.54) is 18.2 Å². The fourth-order valence-electron chi connectivity index (χ4n) is 1.20. The minimum absolute atomic E-state index is 0.170. The van der Waals surface area contributed by atoms with Gasteiger partial charge in [-0.2, -0.15) is 0 Å². The predicted molar refractivity (Wildman–Crippen MR) is 76.0 cm³/mol. The number of rotatable bonds is 4. The molecule has 1 rings (SSSR count). The van der Waals surface area contributed by atoms with Gasteiger partial charge in [-0.3, -0.25) is 4.72 Å². The Kier molecular flexibility index (Phi) is 4.78. The highest BCUT2D eigenvalue weighted by atomic mass is 32.2. The summed E-state index contributed by atoms with van der Waals surface area (Å²) >= 11 is 0. The first-order valence-electron chi connectivity index (χ1n) is 5.77. The Morgan fingerprint density at radius 3 is 2.55 bits per heavy atom. The summed E-state index contributed by atoms with van der Waals surface area (Å²) in [5.41, 5.74) is -0.412. The van der Waals surface area contributed by atoms with Crippen LogP contribution in [0.25, 0.3) is 0 Å². The number of hydrogen-bond donors (Lipinski definition) is 1. The summed E-state index contributed by atoms with van der Waals surface area (Å²) < 4.78 is 34.9. The first-order chi connectivity index (χ1) is 9.11. The summed E-state index contributed by atoms with van der Waals surface area (Å²) in [6.07, 6.45) is -0.860. The third-order valence-electron chi connectivity index (χ3n) is 1.90. The molecule has 1 N–H and O–H groups in total. The Morgan fingerprint density at radius 1 is 1.35 bits per heavy atom. The Bertz CT molecular complexity index is 601. The third kappa shape index (κ3) is 5.75. The third-order valence-corrected chi connectivity index (χ3v) is 2.86. The average molecular weight is 299 g/mol. The molecule has 1 aromatic carbocycles. The molecule has 0 saturated heterocycles. The fraction of sp³-hybridized carbons (Fsp3) is 0.308. The summed E-state index contributed by atoms with van der Waals surface area (Å²) in [7, 11) is -3.60. The van der Waals surface area contributed by atoms with Gasteiger partial charge in [0.1, 0.15) is 11.4 Å². The van der Waals surface area contributed by atoms with E-state index in [9.17, 15) is 13.2 Å². The average Bonchev–Trinajstić information content (AvgIpc) is 2.26. The van der Waals surface area contributed by atoms with Crippen molar-refractivity contribution in [2.45, 2.75) is 26.4 Å². The van der Waals surface area contributed by atoms with Gasteiger partial charge in [0.05, 0.1) is 5.69 Å². The van der Waals surface area contributed by atoms with Crippen molar-refractivity contribution in [3.05, 3.63) is 36.3 Å². The maximum atomic E-state index is 11.5. The minimum atomic E-state index is -3.60. The zero-order chi connectivity index (χ0) is 15.4. The monoisotopic (exact) mass is 299 g/mol. The summed E-state index contributed by atoms with van der Waals surface area (Å²) in [4.78, 5) is 11.5. The van der Waals surface area contributed by atoms with Crippen LogP contribution in [0.4, 0.5) is 10.5 Å². The highest BCUT2D eigenvalue weighted by Crippen LogP contribution is 2.20. The van der Waals surface area contributed by atoms with Crippen molar-refractivity contribution in [3.8, 4) is 5.75 Å². The van der Waals surface area contributed by atoms with E-state index < -0.39 is 21.8 Å². The van der Waals surface area contributed by atoms with E-state index in [2.05, 4.69) is 11.3 Å². The van der Waals surface area contributed by atoms with Crippen LogP contribution in [-0.2, 0) is 14.8 Å². The Hall–Kier alpha value is -2.02. The van der Waals surface area contributed by atoms with Crippen LogP contribution in [0.3, 0.4) is 0 Å². The van der Waals surface area contributed by atoms with Crippen LogP contribution < -0.4 is 9.46 Å². The summed E-state index contributed by atoms with van der Waals surface area (Å²) in [5.74, 6) is 0.170. The minimum Gasteiger partial charge on any atom is -0.428 e. The van der Waals surface area contributed by atoms with E-state index in [1.807, 2.05) is 0 Å². The topological polar surface area (TPSA) is 81.7 Å². The molecule has 0 unspecified atom stereocenters. The lowest BCUT2D eigenvalue weighted by Crippen LogP contribution is -2.26. The van der Waals surface area contributed by atoms with E-state index in [0.717, 1.165) is 5.41 Å². The van der Waals surface area contributed by atoms with Crippen molar-refractivity contribution in [2.24, 2.45) is 0 Å². The molecule has 0 radical (unpaired) electrons. The molecular formula is C13H17NO5S. The molecule has 0 aliphatic carbocycles. The molecule has 0 amide bonds. The summed E-state index contributed by atoms with van der Waals surface area (Å²) in [5, 5.41) is 0.786. The van der Waals surface area contributed by atoms with Crippen molar-refractivity contribution < 1.29 is 22.7 Å². The van der Waals surface area contributed by atoms with Crippen molar-refractivity contribution in [2.75, 3.05) is 4.72 Å². The van der Waals surface area contributed by atoms with Crippen LogP contribution in [0.5, 0.6) is 5.75 Å². The number of nitrogens with one attached hydrogen (secondary N) is 1. The molecule has 110 valence electrons. The van der Waals surface area contributed by atoms with E-state index in [4.69, 9.17) is 9.47 Å². The van der Waals surface area contributed by atoms with Gasteiger partial charge >= 0.3 is 6.16 Å². The van der Waals surface area contributed by atoms with E-state index in [1.54, 1.807) is 26.8 Å². The van der Waals surface area contributed by atoms with Crippen molar-refractivity contribution in [1.29, 1.82) is 0 Å². The van der Waals surface area contributed by atoms with Crippen LogP contribution >= 0.6 is 0 Å². The molecule has 0 fully saturated rings. The molecule has 0 heterocycles. The maximum absolute atomic E-state index is 11.5. The molecule has 0 aromatic heterocycles. The van der Waals surface area contributed by atoms with Crippen molar-refractivity contribution in [3.63, 3.8) is 0 Å². The molecule has 0 atom stereocenters. The quantitative estimate of drug-likeness (QED) is 0.683. The van der Waals surface area contributed by atoms with Crippen molar-refractivity contribution in [1.82, 2.24) is 0 Å². The van der Waals surface area contributed by atoms with Crippen LogP contribution in [-0.4, -0.2) is 20.2 Å². The van der Waals surface area contributed by atoms with Crippen molar-refractivity contribution >= 4 is 21.9 Å². The molecule has 0 aliphatic rings. The number of benzene rings is 1. The predicted octanol–water partition coefficient (Wildman–Crippen LogP) is 2.89. The number of ether oxygens (including phenoxy) is 2. The maximum Gasteiger partial charge on any atom is 0.514 e. The Balaban J connectivity index is 2.79. The molecule has 1 aromatic rings. The first kappa shape index (κ1) is 16.0. The summed E-state index contributed by atoms with van der Waals surface area (Å²) in [6, 6.07) is 5.93. The van der Waals surface area contributed by atoms with E-state index in [0.29, 0.717) is 0 Å². The van der Waals surface area contributed by atoms with Gasteiger partial charge in [-0.05, 0) is 32.9 Å². The fourth-order valence-corrected chi connectivity index (χ4v) is 1.73.